The first-order valence-electron chi connectivity index (χ1n) is 14.6. The molecule has 36 heavy (non-hydrogen) atoms. The van der Waals surface area contributed by atoms with Crippen LogP contribution in [0.5, 0.6) is 0 Å². The first kappa shape index (κ1) is 24.8. The van der Waals surface area contributed by atoms with Gasteiger partial charge >= 0.3 is 0 Å². The Labute approximate surface area is 220 Å². The van der Waals surface area contributed by atoms with Gasteiger partial charge < -0.3 is 5.32 Å². The number of thiophene rings is 1. The van der Waals surface area contributed by atoms with E-state index >= 15 is 0 Å². The van der Waals surface area contributed by atoms with E-state index in [1.54, 1.807) is 11.3 Å². The van der Waals surface area contributed by atoms with Crippen molar-refractivity contribution in [1.82, 2.24) is 5.32 Å². The van der Waals surface area contributed by atoms with Crippen molar-refractivity contribution in [2.24, 2.45) is 52.3 Å². The van der Waals surface area contributed by atoms with Crippen LogP contribution in [0.3, 0.4) is 0 Å². The first-order chi connectivity index (χ1) is 17.2. The van der Waals surface area contributed by atoms with Gasteiger partial charge in [0.2, 0.25) is 5.91 Å². The molecule has 9 atom stereocenters. The highest BCUT2D eigenvalue weighted by molar-refractivity contribution is 7.10. The average molecular weight is 510 g/mol. The van der Waals surface area contributed by atoms with E-state index in [1.807, 2.05) is 0 Å². The number of Topliss-reactive ketones (excluding diaryl/α,β-unsaturated/α-hetero) is 2. The Balaban J connectivity index is 1.15. The summed E-state index contributed by atoms with van der Waals surface area (Å²) >= 11 is 1.75. The molecule has 1 N–H and O–H groups in total. The summed E-state index contributed by atoms with van der Waals surface area (Å²) in [5.41, 5.74) is 0.297. The molecule has 1 aromatic rings. The molecule has 196 valence electrons. The molecule has 5 saturated carbocycles. The second-order valence-electron chi connectivity index (χ2n) is 13.7. The van der Waals surface area contributed by atoms with Gasteiger partial charge in [0.1, 0.15) is 11.6 Å². The number of carbonyl (C=O) groups excluding carboxylic acids is 3. The third-order valence-electron chi connectivity index (χ3n) is 11.8. The zero-order valence-electron chi connectivity index (χ0n) is 22.3. The second-order valence-corrected chi connectivity index (χ2v) is 14.6. The zero-order valence-corrected chi connectivity index (χ0v) is 23.1. The molecule has 0 radical (unpaired) electrons. The maximum absolute atomic E-state index is 13.6. The minimum absolute atomic E-state index is 0.147. The molecule has 0 saturated heterocycles. The van der Waals surface area contributed by atoms with Gasteiger partial charge in [-0.05, 0) is 103 Å². The number of amides is 1. The molecule has 1 heterocycles. The molecule has 1 aromatic heterocycles. The smallest absolute Gasteiger partial charge is 0.220 e. The quantitative estimate of drug-likeness (QED) is 0.461. The topological polar surface area (TPSA) is 63.2 Å². The predicted octanol–water partition coefficient (Wildman–Crippen LogP) is 6.75. The van der Waals surface area contributed by atoms with E-state index in [4.69, 9.17) is 0 Å². The van der Waals surface area contributed by atoms with Crippen LogP contribution >= 0.6 is 11.3 Å². The highest BCUT2D eigenvalue weighted by Gasteiger charge is 2.63. The first-order valence-corrected chi connectivity index (χ1v) is 15.5. The van der Waals surface area contributed by atoms with Gasteiger partial charge in [-0.15, -0.1) is 11.3 Å². The number of nitrogens with one attached hydrogen (secondary N) is 1. The molecule has 5 aliphatic rings. The number of ketones is 2. The summed E-state index contributed by atoms with van der Waals surface area (Å²) in [5, 5.41) is 5.51. The van der Waals surface area contributed by atoms with Crippen LogP contribution in [0.25, 0.3) is 0 Å². The molecular weight excluding hydrogens is 466 g/mol. The molecule has 0 aliphatic heterocycles. The minimum atomic E-state index is 0.147. The van der Waals surface area contributed by atoms with E-state index in [0.717, 1.165) is 25.7 Å². The van der Waals surface area contributed by atoms with E-state index in [9.17, 15) is 14.4 Å². The van der Waals surface area contributed by atoms with Crippen LogP contribution in [-0.2, 0) is 14.4 Å². The molecule has 1 amide bonds. The normalized spacial score (nSPS) is 41.7. The lowest BCUT2D eigenvalue weighted by Gasteiger charge is -2.59. The van der Waals surface area contributed by atoms with Crippen LogP contribution in [-0.4, -0.2) is 17.5 Å². The Morgan fingerprint density at radius 1 is 1.06 bits per heavy atom. The number of fused-ring (bicyclic) bond motifs is 5. The molecule has 0 aromatic carbocycles. The Morgan fingerprint density at radius 2 is 1.83 bits per heavy atom. The molecule has 5 fully saturated rings. The van der Waals surface area contributed by atoms with Crippen molar-refractivity contribution in [3.63, 3.8) is 0 Å². The van der Waals surface area contributed by atoms with Crippen LogP contribution in [0, 0.1) is 52.3 Å². The third-order valence-corrected chi connectivity index (χ3v) is 12.8. The minimum Gasteiger partial charge on any atom is -0.348 e. The Kier molecular flexibility index (Phi) is 6.25. The summed E-state index contributed by atoms with van der Waals surface area (Å²) in [6.45, 7) is 7.14. The maximum Gasteiger partial charge on any atom is 0.220 e. The van der Waals surface area contributed by atoms with Crippen molar-refractivity contribution in [3.8, 4) is 0 Å². The molecule has 2 unspecified atom stereocenters. The zero-order chi connectivity index (χ0) is 25.2. The van der Waals surface area contributed by atoms with Gasteiger partial charge in [0.15, 0.2) is 0 Å². The molecular formula is C31H43NO3S. The molecule has 0 bridgehead atoms. The summed E-state index contributed by atoms with van der Waals surface area (Å²) in [4.78, 5) is 40.3. The fourth-order valence-electron chi connectivity index (χ4n) is 9.69. The van der Waals surface area contributed by atoms with Crippen LogP contribution in [0.2, 0.25) is 0 Å². The Bertz CT molecular complexity index is 1030. The summed E-state index contributed by atoms with van der Waals surface area (Å²) in [7, 11) is 0. The van der Waals surface area contributed by atoms with Crippen molar-refractivity contribution in [2.45, 2.75) is 97.4 Å². The fourth-order valence-corrected chi connectivity index (χ4v) is 10.6. The molecule has 4 nitrogen and oxygen atoms in total. The number of hydrogen-bond donors (Lipinski definition) is 1. The summed E-state index contributed by atoms with van der Waals surface area (Å²) in [6, 6.07) is 4.43. The molecule has 5 heteroatoms. The van der Waals surface area contributed by atoms with Gasteiger partial charge in [-0.3, -0.25) is 14.4 Å². The second kappa shape index (κ2) is 9.06. The fraction of sp³-hybridized carbons (Fsp3) is 0.774. The van der Waals surface area contributed by atoms with Gasteiger partial charge in [0.05, 0.1) is 6.04 Å². The summed E-state index contributed by atoms with van der Waals surface area (Å²) < 4.78 is 0. The lowest BCUT2D eigenvalue weighted by Crippen LogP contribution is -2.57. The number of rotatable bonds is 6. The highest BCUT2D eigenvalue weighted by Crippen LogP contribution is 2.67. The summed E-state index contributed by atoms with van der Waals surface area (Å²) in [6.07, 6.45) is 10.5. The van der Waals surface area contributed by atoms with Crippen LogP contribution in [0.15, 0.2) is 17.5 Å². The van der Waals surface area contributed by atoms with Gasteiger partial charge in [-0.25, -0.2) is 0 Å². The highest BCUT2D eigenvalue weighted by atomic mass is 32.1. The van der Waals surface area contributed by atoms with Gasteiger partial charge in [-0.1, -0.05) is 26.8 Å². The standard InChI is InChI=1S/C31H43NO3S/c1-18(15-27(35)32-29(19-6-7-19)26-5-4-14-36-26)22-8-9-23-28-24(11-13-31(22,23)3)30(2)12-10-21(33)16-20(30)17-25(28)34/h4-5,14,18-20,22-24,28-29H,6-13,15-17H2,1-3H3,(H,32,35)/t18-,20+,22?,23+,24+,28+,29?,30+,31-/m1/s1. The van der Waals surface area contributed by atoms with Crippen molar-refractivity contribution < 1.29 is 14.4 Å². The Hall–Kier alpha value is -1.49. The maximum atomic E-state index is 13.6. The Morgan fingerprint density at radius 3 is 2.56 bits per heavy atom. The lowest BCUT2D eigenvalue weighted by atomic mass is 9.44. The number of carbonyl (C=O) groups is 3. The van der Waals surface area contributed by atoms with Gasteiger partial charge in [0, 0.05) is 36.5 Å². The van der Waals surface area contributed by atoms with Crippen molar-refractivity contribution in [2.75, 3.05) is 0 Å². The van der Waals surface area contributed by atoms with Crippen molar-refractivity contribution >= 4 is 28.8 Å². The molecule has 6 rings (SSSR count). The lowest BCUT2D eigenvalue weighted by molar-refractivity contribution is -0.159. The third kappa shape index (κ3) is 4.03. The SMILES string of the molecule is C[C@H](CC(=O)NC(c1cccs1)C1CC1)C1CC[C@H]2[C@@H]3C(=O)C[C@@H]4CC(=O)CC[C@]4(C)[C@H]3CC[C@]12C. The van der Waals surface area contributed by atoms with E-state index in [1.165, 1.54) is 24.1 Å². The van der Waals surface area contributed by atoms with E-state index in [-0.39, 0.29) is 34.6 Å². The van der Waals surface area contributed by atoms with Crippen LogP contribution < -0.4 is 5.32 Å². The summed E-state index contributed by atoms with van der Waals surface area (Å²) in [5.74, 6) is 3.76. The average Bonchev–Trinajstić information content (AvgIpc) is 3.39. The largest absolute Gasteiger partial charge is 0.348 e. The van der Waals surface area contributed by atoms with E-state index in [0.29, 0.717) is 66.8 Å². The molecule has 0 spiro atoms. The van der Waals surface area contributed by atoms with Crippen molar-refractivity contribution in [1.29, 1.82) is 0 Å². The number of hydrogen-bond acceptors (Lipinski definition) is 4. The van der Waals surface area contributed by atoms with Crippen molar-refractivity contribution in [3.05, 3.63) is 22.4 Å². The van der Waals surface area contributed by atoms with Crippen LogP contribution in [0.4, 0.5) is 0 Å². The van der Waals surface area contributed by atoms with Crippen LogP contribution in [0.1, 0.15) is 102 Å². The monoisotopic (exact) mass is 509 g/mol. The van der Waals surface area contributed by atoms with Gasteiger partial charge in [-0.2, -0.15) is 0 Å². The van der Waals surface area contributed by atoms with Gasteiger partial charge in [0.25, 0.3) is 0 Å². The van der Waals surface area contributed by atoms with E-state index < -0.39 is 0 Å². The predicted molar refractivity (Wildman–Crippen MR) is 142 cm³/mol. The van der Waals surface area contributed by atoms with E-state index in [2.05, 4.69) is 43.6 Å². The molecule has 5 aliphatic carbocycles.